The molecule has 4 nitrogen and oxygen atoms in total. The zero-order valence-corrected chi connectivity index (χ0v) is 11.9. The van der Waals surface area contributed by atoms with E-state index in [1.54, 1.807) is 0 Å². The number of unbranched alkanes of at least 4 members (excludes halogenated alkanes) is 3. The van der Waals surface area contributed by atoms with Gasteiger partial charge in [0.1, 0.15) is 0 Å². The third-order valence-electron chi connectivity index (χ3n) is 1.94. The molecular weight excluding hydrogens is 211 g/mol. The van der Waals surface area contributed by atoms with Crippen molar-refractivity contribution in [3.8, 4) is 0 Å². The molecule has 14 heavy (non-hydrogen) atoms. The molecule has 0 saturated carbocycles. The minimum atomic E-state index is -1.23. The largest absolute Gasteiger partial charge is 1.00 e. The van der Waals surface area contributed by atoms with E-state index in [0.717, 1.165) is 19.3 Å². The van der Waals surface area contributed by atoms with Crippen molar-refractivity contribution in [1.29, 1.82) is 0 Å². The topological polar surface area (TPSA) is 74.6 Å². The van der Waals surface area contributed by atoms with E-state index in [2.05, 4.69) is 0 Å². The average Bonchev–Trinajstić information content (AvgIpc) is 2.02. The summed E-state index contributed by atoms with van der Waals surface area (Å²) in [6, 6.07) is 0. The van der Waals surface area contributed by atoms with Crippen LogP contribution in [0.4, 0.5) is 0 Å². The Morgan fingerprint density at radius 3 is 2.00 bits per heavy atom. The van der Waals surface area contributed by atoms with Crippen molar-refractivity contribution in [3.05, 3.63) is 0 Å². The van der Waals surface area contributed by atoms with Crippen LogP contribution in [-0.2, 0) is 9.59 Å². The minimum absolute atomic E-state index is 0. The van der Waals surface area contributed by atoms with Crippen molar-refractivity contribution in [2.45, 2.75) is 39.0 Å². The van der Waals surface area contributed by atoms with Crippen LogP contribution in [0.15, 0.2) is 0 Å². The van der Waals surface area contributed by atoms with Crippen LogP contribution in [0.2, 0.25) is 0 Å². The first kappa shape index (κ1) is 17.0. The van der Waals surface area contributed by atoms with Gasteiger partial charge in [-0.15, -0.1) is 0 Å². The van der Waals surface area contributed by atoms with Crippen LogP contribution in [-0.4, -0.2) is 22.2 Å². The van der Waals surface area contributed by atoms with Crippen molar-refractivity contribution in [1.82, 2.24) is 0 Å². The smallest absolute Gasteiger partial charge is 1.00 e. The molecule has 0 aromatic heterocycles. The van der Waals surface area contributed by atoms with Gasteiger partial charge in [-0.1, -0.05) is 32.6 Å². The van der Waals surface area contributed by atoms with E-state index < -0.39 is 17.9 Å². The third kappa shape index (κ3) is 7.93. The van der Waals surface area contributed by atoms with Gasteiger partial charge in [-0.05, 0) is 6.42 Å². The molecule has 0 aromatic carbocycles. The van der Waals surface area contributed by atoms with Crippen LogP contribution in [0.25, 0.3) is 0 Å². The third-order valence-corrected chi connectivity index (χ3v) is 1.94. The van der Waals surface area contributed by atoms with Crippen LogP contribution >= 0.6 is 0 Å². The molecule has 0 rings (SSSR count). The fourth-order valence-corrected chi connectivity index (χ4v) is 1.13. The van der Waals surface area contributed by atoms with Crippen molar-refractivity contribution in [2.24, 2.45) is 5.92 Å². The van der Waals surface area contributed by atoms with E-state index in [0.29, 0.717) is 6.42 Å². The summed E-state index contributed by atoms with van der Waals surface area (Å²) in [5.74, 6) is -3.69. The molecule has 0 aliphatic carbocycles. The summed E-state index contributed by atoms with van der Waals surface area (Å²) in [6.45, 7) is 2.05. The first-order valence-electron chi connectivity index (χ1n) is 4.55. The van der Waals surface area contributed by atoms with E-state index in [4.69, 9.17) is 10.2 Å². The standard InChI is InChI=1S/C9H16O4.K.H/c1-2-3-4-5-6-7(8(10)11)9(12)13;;/h7H,2-6H2,1H3,(H,10,11)(H,12,13);;/q;+1;-1. The zero-order valence-electron chi connectivity index (χ0n) is 9.82. The Balaban J connectivity index is -0.000000720. The SMILES string of the molecule is CCCCCCC(C(=O)O)C(=O)O.[H-].[K+]. The van der Waals surface area contributed by atoms with Crippen molar-refractivity contribution in [3.63, 3.8) is 0 Å². The molecule has 0 radical (unpaired) electrons. The quantitative estimate of drug-likeness (QED) is 0.328. The molecule has 0 heterocycles. The molecule has 0 aromatic rings. The molecule has 0 aliphatic heterocycles. The van der Waals surface area contributed by atoms with E-state index in [1.807, 2.05) is 6.92 Å². The summed E-state index contributed by atoms with van der Waals surface area (Å²) >= 11 is 0. The van der Waals surface area contributed by atoms with Crippen LogP contribution in [0.3, 0.4) is 0 Å². The van der Waals surface area contributed by atoms with Crippen LogP contribution in [0, 0.1) is 5.92 Å². The van der Waals surface area contributed by atoms with Gasteiger partial charge in [0.15, 0.2) is 5.92 Å². The number of carbonyl (C=O) groups is 2. The summed E-state index contributed by atoms with van der Waals surface area (Å²) in [7, 11) is 0. The molecule has 0 bridgehead atoms. The molecule has 0 atom stereocenters. The van der Waals surface area contributed by atoms with Crippen LogP contribution < -0.4 is 51.4 Å². The second kappa shape index (κ2) is 10.1. The first-order chi connectivity index (χ1) is 6.09. The zero-order chi connectivity index (χ0) is 10.3. The summed E-state index contributed by atoms with van der Waals surface area (Å²) in [5, 5.41) is 17.0. The van der Waals surface area contributed by atoms with E-state index in [-0.39, 0.29) is 59.2 Å². The second-order valence-corrected chi connectivity index (χ2v) is 3.08. The first-order valence-corrected chi connectivity index (χ1v) is 4.55. The van der Waals surface area contributed by atoms with Crippen molar-refractivity contribution < 1.29 is 72.6 Å². The molecular formula is C9H17KO4. The van der Waals surface area contributed by atoms with E-state index in [1.165, 1.54) is 0 Å². The summed E-state index contributed by atoms with van der Waals surface area (Å²) in [6.07, 6.45) is 3.92. The number of rotatable bonds is 7. The summed E-state index contributed by atoms with van der Waals surface area (Å²) in [5.41, 5.74) is 0. The van der Waals surface area contributed by atoms with E-state index in [9.17, 15) is 9.59 Å². The Morgan fingerprint density at radius 1 is 1.14 bits per heavy atom. The van der Waals surface area contributed by atoms with Gasteiger partial charge in [0.05, 0.1) is 0 Å². The average molecular weight is 228 g/mol. The van der Waals surface area contributed by atoms with Gasteiger partial charge in [-0.25, -0.2) is 0 Å². The van der Waals surface area contributed by atoms with Gasteiger partial charge < -0.3 is 11.6 Å². The summed E-state index contributed by atoms with van der Waals surface area (Å²) in [4.78, 5) is 20.8. The van der Waals surface area contributed by atoms with Crippen LogP contribution in [0.1, 0.15) is 40.5 Å². The second-order valence-electron chi connectivity index (χ2n) is 3.08. The number of aliphatic carboxylic acids is 2. The van der Waals surface area contributed by atoms with Crippen LogP contribution in [0.5, 0.6) is 0 Å². The molecule has 0 unspecified atom stereocenters. The Labute approximate surface area is 128 Å². The number of hydrogen-bond acceptors (Lipinski definition) is 2. The fraction of sp³-hybridized carbons (Fsp3) is 0.778. The van der Waals surface area contributed by atoms with Gasteiger partial charge >= 0.3 is 63.3 Å². The monoisotopic (exact) mass is 228 g/mol. The fourth-order valence-electron chi connectivity index (χ4n) is 1.13. The molecule has 0 saturated heterocycles. The molecule has 0 spiro atoms. The van der Waals surface area contributed by atoms with Gasteiger partial charge in [-0.2, -0.15) is 0 Å². The molecule has 0 amide bonds. The maximum absolute atomic E-state index is 10.4. The molecule has 5 heteroatoms. The van der Waals surface area contributed by atoms with Gasteiger partial charge in [-0.3, -0.25) is 9.59 Å². The summed E-state index contributed by atoms with van der Waals surface area (Å²) < 4.78 is 0. The predicted molar refractivity (Wildman–Crippen MR) is 48.6 cm³/mol. The number of carboxylic acids is 2. The molecule has 78 valence electrons. The number of hydrogen-bond donors (Lipinski definition) is 2. The van der Waals surface area contributed by atoms with Crippen molar-refractivity contribution >= 4 is 11.9 Å². The Hall–Kier alpha value is 0.576. The minimum Gasteiger partial charge on any atom is -1.00 e. The Kier molecular flexibility index (Phi) is 12.3. The Morgan fingerprint density at radius 2 is 1.64 bits per heavy atom. The maximum Gasteiger partial charge on any atom is 1.00 e. The van der Waals surface area contributed by atoms with Crippen molar-refractivity contribution in [2.75, 3.05) is 0 Å². The van der Waals surface area contributed by atoms with E-state index >= 15 is 0 Å². The van der Waals surface area contributed by atoms with Gasteiger partial charge in [0.2, 0.25) is 0 Å². The molecule has 2 N–H and O–H groups in total. The molecule has 0 aliphatic rings. The van der Waals surface area contributed by atoms with Gasteiger partial charge in [0.25, 0.3) is 0 Å². The Bertz CT molecular complexity index is 173. The maximum atomic E-state index is 10.4. The van der Waals surface area contributed by atoms with Gasteiger partial charge in [0, 0.05) is 0 Å². The number of carboxylic acid groups (broad SMARTS) is 2. The normalized spacial score (nSPS) is 9.57. The molecule has 0 fully saturated rings. The predicted octanol–water partition coefficient (Wildman–Crippen LogP) is -1.14.